The maximum atomic E-state index is 11.7. The lowest BCUT2D eigenvalue weighted by molar-refractivity contribution is 0.100. The normalized spacial score (nSPS) is 11.5. The van der Waals surface area contributed by atoms with Crippen LogP contribution < -0.4 is 16.8 Å². The summed E-state index contributed by atoms with van der Waals surface area (Å²) >= 11 is 0. The standard InChI is InChI=1S/C23H32N4O2Si/c1-14(2)30(15(3)4,16(5)6)11-10-17-8-7-9-18(12-17)20-13-19(21(24)28)22(26-20)27-23(25)29/h7-9,12-16,26H,1-6H3,(H2,24,28)(H3,25,27,29). The second kappa shape index (κ2) is 9.22. The highest BCUT2D eigenvalue weighted by molar-refractivity contribution is 6.90. The second-order valence-electron chi connectivity index (χ2n) is 8.55. The maximum absolute atomic E-state index is 11.7. The predicted octanol–water partition coefficient (Wildman–Crippen LogP) is 4.84. The van der Waals surface area contributed by atoms with E-state index in [1.165, 1.54) is 0 Å². The van der Waals surface area contributed by atoms with Crippen LogP contribution in [0.2, 0.25) is 16.6 Å². The number of hydrogen-bond donors (Lipinski definition) is 4. The van der Waals surface area contributed by atoms with Gasteiger partial charge in [0.2, 0.25) is 0 Å². The molecule has 160 valence electrons. The van der Waals surface area contributed by atoms with Crippen molar-refractivity contribution < 1.29 is 9.59 Å². The van der Waals surface area contributed by atoms with Crippen LogP contribution in [0.25, 0.3) is 11.3 Å². The summed E-state index contributed by atoms with van der Waals surface area (Å²) in [7, 11) is -1.84. The Labute approximate surface area is 179 Å². The molecule has 2 rings (SSSR count). The minimum atomic E-state index is -1.84. The van der Waals surface area contributed by atoms with Crippen molar-refractivity contribution in [1.29, 1.82) is 0 Å². The molecule has 0 spiro atoms. The number of carbonyl (C=O) groups is 2. The molecule has 0 aliphatic carbocycles. The molecule has 0 bridgehead atoms. The largest absolute Gasteiger partial charge is 0.365 e. The number of hydrogen-bond acceptors (Lipinski definition) is 2. The zero-order chi connectivity index (χ0) is 22.6. The first kappa shape index (κ1) is 23.3. The molecule has 6 nitrogen and oxygen atoms in total. The molecule has 1 heterocycles. The van der Waals surface area contributed by atoms with Gasteiger partial charge in [0.25, 0.3) is 5.91 Å². The van der Waals surface area contributed by atoms with E-state index in [4.69, 9.17) is 11.5 Å². The molecule has 1 aromatic heterocycles. The Hall–Kier alpha value is -2.98. The molecule has 0 aliphatic rings. The van der Waals surface area contributed by atoms with Crippen LogP contribution in [0.4, 0.5) is 10.6 Å². The lowest BCUT2D eigenvalue weighted by Crippen LogP contribution is -2.43. The van der Waals surface area contributed by atoms with Crippen LogP contribution >= 0.6 is 0 Å². The van der Waals surface area contributed by atoms with Gasteiger partial charge in [0.1, 0.15) is 13.9 Å². The van der Waals surface area contributed by atoms with Gasteiger partial charge >= 0.3 is 6.03 Å². The number of rotatable bonds is 6. The second-order valence-corrected chi connectivity index (χ2v) is 14.1. The highest BCUT2D eigenvalue weighted by Gasteiger charge is 2.41. The summed E-state index contributed by atoms with van der Waals surface area (Å²) in [6.07, 6.45) is 0. The van der Waals surface area contributed by atoms with Crippen molar-refractivity contribution in [3.05, 3.63) is 41.5 Å². The van der Waals surface area contributed by atoms with Gasteiger partial charge in [0, 0.05) is 11.3 Å². The Morgan fingerprint density at radius 3 is 2.10 bits per heavy atom. The van der Waals surface area contributed by atoms with E-state index in [-0.39, 0.29) is 11.4 Å². The zero-order valence-electron chi connectivity index (χ0n) is 18.6. The number of H-pyrrole nitrogens is 1. The van der Waals surface area contributed by atoms with Gasteiger partial charge in [-0.05, 0) is 40.4 Å². The summed E-state index contributed by atoms with van der Waals surface area (Å²) in [5, 5.41) is 2.40. The van der Waals surface area contributed by atoms with Crippen molar-refractivity contribution >= 4 is 25.8 Å². The monoisotopic (exact) mass is 424 g/mol. The lowest BCUT2D eigenvalue weighted by Gasteiger charge is -2.38. The van der Waals surface area contributed by atoms with Crippen LogP contribution in [0, 0.1) is 11.5 Å². The third kappa shape index (κ3) is 4.77. The first-order valence-electron chi connectivity index (χ1n) is 10.2. The number of urea groups is 1. The summed E-state index contributed by atoms with van der Waals surface area (Å²) in [5.74, 6) is 2.97. The highest BCUT2D eigenvalue weighted by Crippen LogP contribution is 2.40. The Morgan fingerprint density at radius 2 is 1.60 bits per heavy atom. The molecular weight excluding hydrogens is 392 g/mol. The van der Waals surface area contributed by atoms with Crippen LogP contribution in [-0.4, -0.2) is 25.0 Å². The number of benzene rings is 1. The van der Waals surface area contributed by atoms with E-state index in [0.29, 0.717) is 22.3 Å². The number of nitrogens with two attached hydrogens (primary N) is 2. The number of aromatic amines is 1. The zero-order valence-corrected chi connectivity index (χ0v) is 19.6. The Kier molecular flexibility index (Phi) is 7.16. The van der Waals surface area contributed by atoms with Crippen molar-refractivity contribution in [2.45, 2.75) is 58.2 Å². The Balaban J connectivity index is 2.49. The van der Waals surface area contributed by atoms with E-state index in [1.807, 2.05) is 24.3 Å². The SMILES string of the molecule is CC(C)[Si](C#Cc1cccc(-c2cc(C(N)=O)c(NC(N)=O)[nH]2)c1)(C(C)C)C(C)C. The average molecular weight is 425 g/mol. The number of primary amides is 2. The molecule has 0 unspecified atom stereocenters. The van der Waals surface area contributed by atoms with Crippen LogP contribution in [0.5, 0.6) is 0 Å². The topological polar surface area (TPSA) is 114 Å². The van der Waals surface area contributed by atoms with Gasteiger partial charge in [0.05, 0.1) is 5.56 Å². The van der Waals surface area contributed by atoms with E-state index in [2.05, 4.69) is 63.3 Å². The van der Waals surface area contributed by atoms with Crippen molar-refractivity contribution in [2.75, 3.05) is 5.32 Å². The molecule has 3 amide bonds. The Bertz CT molecular complexity index is 974. The van der Waals surface area contributed by atoms with Gasteiger partial charge in [-0.15, -0.1) is 5.54 Å². The third-order valence-electron chi connectivity index (χ3n) is 5.79. The lowest BCUT2D eigenvalue weighted by atomic mass is 10.1. The molecule has 2 aromatic rings. The number of aromatic nitrogens is 1. The minimum absolute atomic E-state index is 0.172. The van der Waals surface area contributed by atoms with Crippen molar-refractivity contribution in [3.63, 3.8) is 0 Å². The predicted molar refractivity (Wildman–Crippen MR) is 126 cm³/mol. The summed E-state index contributed by atoms with van der Waals surface area (Å²) in [6, 6.07) is 8.62. The maximum Gasteiger partial charge on any atom is 0.317 e. The van der Waals surface area contributed by atoms with Crippen LogP contribution in [0.1, 0.15) is 57.5 Å². The molecule has 7 heteroatoms. The molecular formula is C23H32N4O2Si. The molecule has 0 saturated heterocycles. The van der Waals surface area contributed by atoms with Crippen LogP contribution in [0.3, 0.4) is 0 Å². The van der Waals surface area contributed by atoms with Crippen molar-refractivity contribution in [1.82, 2.24) is 4.98 Å². The van der Waals surface area contributed by atoms with E-state index in [9.17, 15) is 9.59 Å². The first-order valence-corrected chi connectivity index (χ1v) is 12.4. The highest BCUT2D eigenvalue weighted by atomic mass is 28.3. The van der Waals surface area contributed by atoms with E-state index >= 15 is 0 Å². The summed E-state index contributed by atoms with van der Waals surface area (Å²) in [4.78, 5) is 25.9. The van der Waals surface area contributed by atoms with Gasteiger partial charge in [-0.2, -0.15) is 0 Å². The number of nitrogens with one attached hydrogen (secondary N) is 2. The van der Waals surface area contributed by atoms with Gasteiger partial charge < -0.3 is 16.5 Å². The molecule has 30 heavy (non-hydrogen) atoms. The number of anilines is 1. The fourth-order valence-electron chi connectivity index (χ4n) is 4.40. The van der Waals surface area contributed by atoms with Crippen molar-refractivity contribution in [3.8, 4) is 22.7 Å². The summed E-state index contributed by atoms with van der Waals surface area (Å²) in [5.41, 5.74) is 18.6. The van der Waals surface area contributed by atoms with Crippen LogP contribution in [0.15, 0.2) is 30.3 Å². The van der Waals surface area contributed by atoms with E-state index < -0.39 is 20.0 Å². The third-order valence-corrected chi connectivity index (χ3v) is 12.1. The number of amides is 3. The van der Waals surface area contributed by atoms with Crippen LogP contribution in [-0.2, 0) is 0 Å². The molecule has 0 aliphatic heterocycles. The van der Waals surface area contributed by atoms with Gasteiger partial charge in [-0.1, -0.05) is 59.6 Å². The molecule has 0 atom stereocenters. The fraction of sp³-hybridized carbons (Fsp3) is 0.391. The number of carbonyl (C=O) groups excluding carboxylic acids is 2. The summed E-state index contributed by atoms with van der Waals surface area (Å²) in [6.45, 7) is 13.7. The molecule has 1 aromatic carbocycles. The van der Waals surface area contributed by atoms with Gasteiger partial charge in [0.15, 0.2) is 0 Å². The average Bonchev–Trinajstić information content (AvgIpc) is 3.05. The summed E-state index contributed by atoms with van der Waals surface area (Å²) < 4.78 is 0. The molecule has 0 radical (unpaired) electrons. The smallest absolute Gasteiger partial charge is 0.317 e. The first-order chi connectivity index (χ1) is 14.0. The Morgan fingerprint density at radius 1 is 1.00 bits per heavy atom. The van der Waals surface area contributed by atoms with E-state index in [1.54, 1.807) is 6.07 Å². The molecule has 0 fully saturated rings. The van der Waals surface area contributed by atoms with E-state index in [0.717, 1.165) is 11.1 Å². The minimum Gasteiger partial charge on any atom is -0.365 e. The quantitative estimate of drug-likeness (QED) is 0.392. The fourth-order valence-corrected chi connectivity index (χ4v) is 9.63. The van der Waals surface area contributed by atoms with Gasteiger partial charge in [-0.25, -0.2) is 4.79 Å². The molecule has 0 saturated carbocycles. The van der Waals surface area contributed by atoms with Crippen molar-refractivity contribution in [2.24, 2.45) is 11.5 Å². The molecule has 6 N–H and O–H groups in total. The van der Waals surface area contributed by atoms with Gasteiger partial charge in [-0.3, -0.25) is 10.1 Å².